The molecule has 0 spiro atoms. The Balaban J connectivity index is 1.78. The number of nitrogens with zero attached hydrogens (tertiary/aromatic N) is 3. The predicted molar refractivity (Wildman–Crippen MR) is 98.2 cm³/mol. The maximum atomic E-state index is 12.5. The lowest BCUT2D eigenvalue weighted by Gasteiger charge is -2.18. The van der Waals surface area contributed by atoms with E-state index in [1.54, 1.807) is 47.9 Å². The molecule has 2 heterocycles. The molecule has 1 N–H and O–H groups in total. The summed E-state index contributed by atoms with van der Waals surface area (Å²) in [6.07, 6.45) is 1.80. The average Bonchev–Trinajstić information content (AvgIpc) is 3.10. The van der Waals surface area contributed by atoms with Crippen molar-refractivity contribution in [3.8, 4) is 5.75 Å². The van der Waals surface area contributed by atoms with Crippen LogP contribution in [0.25, 0.3) is 10.2 Å². The van der Waals surface area contributed by atoms with Crippen molar-refractivity contribution in [3.63, 3.8) is 0 Å². The minimum atomic E-state index is -0.194. The molecule has 0 aliphatic rings. The number of hydrogen-bond acceptors (Lipinski definition) is 6. The zero-order chi connectivity index (χ0) is 17.3. The van der Waals surface area contributed by atoms with Gasteiger partial charge >= 0.3 is 6.03 Å². The van der Waals surface area contributed by atoms with Gasteiger partial charge in [0.1, 0.15) is 5.75 Å². The minimum Gasteiger partial charge on any atom is -0.494 e. The van der Waals surface area contributed by atoms with Gasteiger partial charge in [0, 0.05) is 24.2 Å². The third-order valence-corrected chi connectivity index (χ3v) is 5.30. The van der Waals surface area contributed by atoms with Gasteiger partial charge in [0.2, 0.25) is 0 Å². The van der Waals surface area contributed by atoms with Crippen LogP contribution in [0.2, 0.25) is 0 Å². The highest BCUT2D eigenvalue weighted by molar-refractivity contribution is 7.18. The number of rotatable bonds is 4. The third kappa shape index (κ3) is 3.49. The molecule has 0 aliphatic carbocycles. The monoisotopic (exact) mass is 362 g/mol. The Bertz CT molecular complexity index is 887. The summed E-state index contributed by atoms with van der Waals surface area (Å²) in [7, 11) is 3.34. The van der Waals surface area contributed by atoms with Gasteiger partial charge in [-0.3, -0.25) is 0 Å². The molecule has 1 aromatic carbocycles. The number of carbonyl (C=O) groups excluding carboxylic acids is 1. The first-order valence-electron chi connectivity index (χ1n) is 7.35. The lowest BCUT2D eigenvalue weighted by molar-refractivity contribution is 0.221. The van der Waals surface area contributed by atoms with Crippen molar-refractivity contribution < 1.29 is 9.53 Å². The van der Waals surface area contributed by atoms with Crippen molar-refractivity contribution in [2.45, 2.75) is 20.4 Å². The Morgan fingerprint density at radius 3 is 2.75 bits per heavy atom. The Labute approximate surface area is 148 Å². The van der Waals surface area contributed by atoms with Gasteiger partial charge < -0.3 is 15.0 Å². The van der Waals surface area contributed by atoms with E-state index in [9.17, 15) is 4.79 Å². The second kappa shape index (κ2) is 6.74. The van der Waals surface area contributed by atoms with Crippen LogP contribution in [-0.2, 0) is 6.54 Å². The molecule has 6 nitrogen and oxygen atoms in total. The topological polar surface area (TPSA) is 67.3 Å². The highest BCUT2D eigenvalue weighted by Crippen LogP contribution is 2.33. The number of hydrogen-bond donors (Lipinski definition) is 1. The van der Waals surface area contributed by atoms with E-state index >= 15 is 0 Å². The van der Waals surface area contributed by atoms with E-state index < -0.39 is 0 Å². The van der Waals surface area contributed by atoms with Crippen LogP contribution in [0.3, 0.4) is 0 Å². The fourth-order valence-corrected chi connectivity index (χ4v) is 4.03. The fourth-order valence-electron chi connectivity index (χ4n) is 2.33. The second-order valence-corrected chi connectivity index (χ2v) is 7.94. The van der Waals surface area contributed by atoms with Crippen molar-refractivity contribution in [2.24, 2.45) is 0 Å². The molecule has 8 heteroatoms. The van der Waals surface area contributed by atoms with E-state index in [1.165, 1.54) is 0 Å². The molecule has 0 bridgehead atoms. The summed E-state index contributed by atoms with van der Waals surface area (Å²) >= 11 is 3.18. The van der Waals surface area contributed by atoms with Crippen LogP contribution in [0.15, 0.2) is 18.3 Å². The summed E-state index contributed by atoms with van der Waals surface area (Å²) in [5, 5.41) is 4.89. The number of ether oxygens (including phenoxy) is 1. The van der Waals surface area contributed by atoms with Gasteiger partial charge in [-0.15, -0.1) is 22.7 Å². The van der Waals surface area contributed by atoms with Crippen LogP contribution in [0.4, 0.5) is 10.5 Å². The lowest BCUT2D eigenvalue weighted by Crippen LogP contribution is -2.30. The van der Waals surface area contributed by atoms with Gasteiger partial charge in [-0.2, -0.15) is 0 Å². The minimum absolute atomic E-state index is 0.194. The van der Waals surface area contributed by atoms with E-state index in [1.807, 2.05) is 26.0 Å². The molecule has 0 saturated heterocycles. The van der Waals surface area contributed by atoms with Gasteiger partial charge in [0.25, 0.3) is 0 Å². The maximum absolute atomic E-state index is 12.5. The number of benzene rings is 1. The van der Waals surface area contributed by atoms with Crippen LogP contribution in [0, 0.1) is 13.8 Å². The SMILES string of the molecule is COc1cc2nc(C)sc2cc1NC(=O)N(C)Cc1cnc(C)s1. The summed E-state index contributed by atoms with van der Waals surface area (Å²) < 4.78 is 6.41. The Morgan fingerprint density at radius 2 is 2.08 bits per heavy atom. The smallest absolute Gasteiger partial charge is 0.322 e. The van der Waals surface area contributed by atoms with Gasteiger partial charge in [-0.1, -0.05) is 0 Å². The molecule has 126 valence electrons. The summed E-state index contributed by atoms with van der Waals surface area (Å²) in [6.45, 7) is 4.42. The first-order chi connectivity index (χ1) is 11.5. The molecule has 0 aliphatic heterocycles. The molecule has 0 fully saturated rings. The Hall–Kier alpha value is -2.19. The second-order valence-electron chi connectivity index (χ2n) is 5.38. The van der Waals surface area contributed by atoms with Crippen LogP contribution >= 0.6 is 22.7 Å². The van der Waals surface area contributed by atoms with Crippen molar-refractivity contribution >= 4 is 44.6 Å². The van der Waals surface area contributed by atoms with Crippen LogP contribution in [0.5, 0.6) is 5.75 Å². The summed E-state index contributed by atoms with van der Waals surface area (Å²) in [5.41, 5.74) is 1.52. The zero-order valence-corrected chi connectivity index (χ0v) is 15.5. The van der Waals surface area contributed by atoms with Crippen molar-refractivity contribution in [1.82, 2.24) is 14.9 Å². The first-order valence-corrected chi connectivity index (χ1v) is 8.98. The molecule has 2 amide bonds. The highest BCUT2D eigenvalue weighted by Gasteiger charge is 2.15. The van der Waals surface area contributed by atoms with E-state index in [2.05, 4.69) is 15.3 Å². The number of amides is 2. The predicted octanol–water partition coefficient (Wildman–Crippen LogP) is 4.04. The number of fused-ring (bicyclic) bond motifs is 1. The first kappa shape index (κ1) is 16.7. The van der Waals surface area contributed by atoms with E-state index in [0.29, 0.717) is 18.0 Å². The zero-order valence-electron chi connectivity index (χ0n) is 13.9. The standard InChI is InChI=1S/C16H18N4O2S2/c1-9-17-7-11(23-9)8-20(3)16(21)19-12-6-15-13(5-14(12)22-4)18-10(2)24-15/h5-7H,8H2,1-4H3,(H,19,21). The van der Waals surface area contributed by atoms with Gasteiger partial charge in [0.15, 0.2) is 0 Å². The average molecular weight is 362 g/mol. The van der Waals surface area contributed by atoms with Gasteiger partial charge in [-0.05, 0) is 19.9 Å². The summed E-state index contributed by atoms with van der Waals surface area (Å²) in [6, 6.07) is 3.56. The Morgan fingerprint density at radius 1 is 1.29 bits per heavy atom. The quantitative estimate of drug-likeness (QED) is 0.760. The third-order valence-electron chi connectivity index (χ3n) is 3.47. The molecule has 24 heavy (non-hydrogen) atoms. The van der Waals surface area contributed by atoms with E-state index in [-0.39, 0.29) is 6.03 Å². The molecule has 0 atom stereocenters. The summed E-state index contributed by atoms with van der Waals surface area (Å²) in [5.74, 6) is 0.600. The number of nitrogens with one attached hydrogen (secondary N) is 1. The molecular weight excluding hydrogens is 344 g/mol. The molecule has 0 unspecified atom stereocenters. The van der Waals surface area contributed by atoms with Gasteiger partial charge in [0.05, 0.1) is 39.6 Å². The number of methoxy groups -OCH3 is 1. The van der Waals surface area contributed by atoms with Crippen LogP contribution in [0.1, 0.15) is 14.9 Å². The number of aromatic nitrogens is 2. The van der Waals surface area contributed by atoms with Crippen molar-refractivity contribution in [1.29, 1.82) is 0 Å². The highest BCUT2D eigenvalue weighted by atomic mass is 32.1. The Kier molecular flexibility index (Phi) is 4.68. The van der Waals surface area contributed by atoms with Crippen LogP contribution in [-0.4, -0.2) is 35.1 Å². The number of carbonyl (C=O) groups is 1. The van der Waals surface area contributed by atoms with Gasteiger partial charge in [-0.25, -0.2) is 14.8 Å². The van der Waals surface area contributed by atoms with Crippen LogP contribution < -0.4 is 10.1 Å². The number of aryl methyl sites for hydroxylation is 2. The normalized spacial score (nSPS) is 10.8. The maximum Gasteiger partial charge on any atom is 0.322 e. The van der Waals surface area contributed by atoms with E-state index in [0.717, 1.165) is 25.1 Å². The lowest BCUT2D eigenvalue weighted by atomic mass is 10.2. The van der Waals surface area contributed by atoms with E-state index in [4.69, 9.17) is 4.74 Å². The largest absolute Gasteiger partial charge is 0.494 e. The van der Waals surface area contributed by atoms with Crippen molar-refractivity contribution in [2.75, 3.05) is 19.5 Å². The number of thiazole rings is 2. The molecule has 3 aromatic rings. The number of anilines is 1. The molecule has 0 radical (unpaired) electrons. The summed E-state index contributed by atoms with van der Waals surface area (Å²) in [4.78, 5) is 23.8. The molecule has 3 rings (SSSR count). The molecule has 2 aromatic heterocycles. The molecule has 0 saturated carbocycles. The van der Waals surface area contributed by atoms with Crippen molar-refractivity contribution in [3.05, 3.63) is 33.2 Å². The fraction of sp³-hybridized carbons (Fsp3) is 0.312. The molecular formula is C16H18N4O2S2. The number of urea groups is 1.